The van der Waals surface area contributed by atoms with Crippen molar-refractivity contribution in [3.05, 3.63) is 29.8 Å². The Morgan fingerprint density at radius 1 is 1.12 bits per heavy atom. The molecular formula is C18H26N4O3S. The van der Waals surface area contributed by atoms with E-state index in [1.165, 1.54) is 14.2 Å². The van der Waals surface area contributed by atoms with Gasteiger partial charge in [-0.25, -0.2) is 0 Å². The van der Waals surface area contributed by atoms with E-state index in [0.29, 0.717) is 18.7 Å². The van der Waals surface area contributed by atoms with Crippen LogP contribution in [0.15, 0.2) is 24.3 Å². The largest absolute Gasteiger partial charge is 0.368 e. The summed E-state index contributed by atoms with van der Waals surface area (Å²) in [6, 6.07) is 7.71. The molecule has 2 saturated heterocycles. The standard InChI is InChI=1S/C18H26N4O3S/c1-20(2)17(10-11-17)14-5-7-15(8-6-14)21-13-18(16(19)23)9-3-4-12-22(18)26(21,24)25/h5-8H,3-4,9-13H2,1-2H3,(H2,19,23)/t18-/m1/s1. The molecule has 1 aromatic rings. The Balaban J connectivity index is 1.69. The predicted molar refractivity (Wildman–Crippen MR) is 99.8 cm³/mol. The molecule has 0 unspecified atom stereocenters. The van der Waals surface area contributed by atoms with Crippen molar-refractivity contribution in [1.82, 2.24) is 9.21 Å². The number of carbonyl (C=O) groups is 1. The maximum Gasteiger partial charge on any atom is 0.305 e. The van der Waals surface area contributed by atoms with Gasteiger partial charge in [0, 0.05) is 12.1 Å². The van der Waals surface area contributed by atoms with E-state index in [4.69, 9.17) is 5.73 Å². The van der Waals surface area contributed by atoms with Gasteiger partial charge >= 0.3 is 10.2 Å². The number of nitrogens with two attached hydrogens (primary N) is 1. The van der Waals surface area contributed by atoms with Crippen LogP contribution in [0.5, 0.6) is 0 Å². The second-order valence-corrected chi connectivity index (χ2v) is 9.69. The summed E-state index contributed by atoms with van der Waals surface area (Å²) in [6.45, 7) is 0.451. The zero-order chi connectivity index (χ0) is 18.7. The van der Waals surface area contributed by atoms with Crippen LogP contribution in [0.25, 0.3) is 0 Å². The first kappa shape index (κ1) is 17.8. The summed E-state index contributed by atoms with van der Waals surface area (Å²) in [4.78, 5) is 14.4. The third kappa shape index (κ3) is 2.32. The van der Waals surface area contributed by atoms with Crippen molar-refractivity contribution in [3.63, 3.8) is 0 Å². The minimum Gasteiger partial charge on any atom is -0.368 e. The number of hydrogen-bond donors (Lipinski definition) is 1. The van der Waals surface area contributed by atoms with Gasteiger partial charge in [-0.3, -0.25) is 14.0 Å². The van der Waals surface area contributed by atoms with E-state index < -0.39 is 21.7 Å². The van der Waals surface area contributed by atoms with Crippen LogP contribution in [0.1, 0.15) is 37.7 Å². The van der Waals surface area contributed by atoms with Crippen LogP contribution in [0.2, 0.25) is 0 Å². The zero-order valence-corrected chi connectivity index (χ0v) is 16.1. The highest BCUT2D eigenvalue weighted by atomic mass is 32.2. The molecule has 26 heavy (non-hydrogen) atoms. The van der Waals surface area contributed by atoms with Gasteiger partial charge in [0.05, 0.1) is 12.2 Å². The fourth-order valence-corrected chi connectivity index (χ4v) is 6.59. The quantitative estimate of drug-likeness (QED) is 0.847. The van der Waals surface area contributed by atoms with Gasteiger partial charge < -0.3 is 5.73 Å². The van der Waals surface area contributed by atoms with E-state index in [1.807, 2.05) is 24.3 Å². The molecule has 0 bridgehead atoms. The summed E-state index contributed by atoms with van der Waals surface area (Å²) >= 11 is 0. The van der Waals surface area contributed by atoms with E-state index in [0.717, 1.165) is 25.7 Å². The minimum absolute atomic E-state index is 0.0777. The molecule has 1 amide bonds. The van der Waals surface area contributed by atoms with Crippen molar-refractivity contribution in [1.29, 1.82) is 0 Å². The van der Waals surface area contributed by atoms with E-state index in [-0.39, 0.29) is 12.1 Å². The number of hydrogen-bond acceptors (Lipinski definition) is 4. The summed E-state index contributed by atoms with van der Waals surface area (Å²) in [6.07, 6.45) is 4.28. The normalized spacial score (nSPS) is 29.6. The number of amides is 1. The average molecular weight is 378 g/mol. The summed E-state index contributed by atoms with van der Waals surface area (Å²) < 4.78 is 28.8. The SMILES string of the molecule is CN(C)C1(c2ccc(N3C[C@@]4(C(N)=O)CCCCN4S3(=O)=O)cc2)CC1. The van der Waals surface area contributed by atoms with Gasteiger partial charge in [-0.05, 0) is 63.9 Å². The Morgan fingerprint density at radius 2 is 1.77 bits per heavy atom. The Kier molecular flexibility index (Phi) is 3.88. The van der Waals surface area contributed by atoms with Gasteiger partial charge in [-0.2, -0.15) is 12.7 Å². The number of fused-ring (bicyclic) bond motifs is 1. The molecule has 2 N–H and O–H groups in total. The second-order valence-electron chi connectivity index (χ2n) is 7.91. The molecule has 2 heterocycles. The van der Waals surface area contributed by atoms with Gasteiger partial charge in [0.2, 0.25) is 5.91 Å². The van der Waals surface area contributed by atoms with Crippen molar-refractivity contribution >= 4 is 21.8 Å². The number of anilines is 1. The summed E-state index contributed by atoms with van der Waals surface area (Å²) in [5.41, 5.74) is 6.41. The lowest BCUT2D eigenvalue weighted by molar-refractivity contribution is -0.127. The monoisotopic (exact) mass is 378 g/mol. The Morgan fingerprint density at radius 3 is 2.27 bits per heavy atom. The Labute approximate surface area is 154 Å². The first-order valence-electron chi connectivity index (χ1n) is 9.12. The summed E-state index contributed by atoms with van der Waals surface area (Å²) in [5, 5.41) is 0. The van der Waals surface area contributed by atoms with Gasteiger partial charge in [0.15, 0.2) is 0 Å². The van der Waals surface area contributed by atoms with Crippen LogP contribution >= 0.6 is 0 Å². The molecule has 3 aliphatic rings. The molecule has 4 rings (SSSR count). The predicted octanol–water partition coefficient (Wildman–Crippen LogP) is 1.01. The van der Waals surface area contributed by atoms with Crippen LogP contribution in [-0.2, 0) is 20.5 Å². The van der Waals surface area contributed by atoms with Gasteiger partial charge in [0.1, 0.15) is 5.54 Å². The Bertz CT molecular complexity index is 832. The molecule has 8 heteroatoms. The molecule has 3 fully saturated rings. The fraction of sp³-hybridized carbons (Fsp3) is 0.611. The molecule has 1 atom stereocenters. The minimum atomic E-state index is -3.74. The molecule has 142 valence electrons. The van der Waals surface area contributed by atoms with E-state index >= 15 is 0 Å². The van der Waals surface area contributed by atoms with Crippen LogP contribution in [0, 0.1) is 0 Å². The number of carbonyl (C=O) groups excluding carboxylic acids is 1. The van der Waals surface area contributed by atoms with Crippen molar-refractivity contribution < 1.29 is 13.2 Å². The first-order valence-corrected chi connectivity index (χ1v) is 10.5. The third-order valence-electron chi connectivity index (χ3n) is 6.37. The average Bonchev–Trinajstić information content (AvgIpc) is 3.38. The van der Waals surface area contributed by atoms with E-state index in [9.17, 15) is 13.2 Å². The topological polar surface area (TPSA) is 86.9 Å². The lowest BCUT2D eigenvalue weighted by Gasteiger charge is -2.35. The van der Waals surface area contributed by atoms with Gasteiger partial charge in [-0.15, -0.1) is 0 Å². The maximum atomic E-state index is 13.1. The molecule has 1 aromatic carbocycles. The highest BCUT2D eigenvalue weighted by Gasteiger charge is 2.59. The molecule has 0 radical (unpaired) electrons. The maximum absolute atomic E-state index is 13.1. The first-order chi connectivity index (χ1) is 12.2. The van der Waals surface area contributed by atoms with E-state index in [2.05, 4.69) is 19.0 Å². The number of piperidine rings is 1. The van der Waals surface area contributed by atoms with Crippen molar-refractivity contribution in [2.45, 2.75) is 43.2 Å². The summed E-state index contributed by atoms with van der Waals surface area (Å²) in [5.74, 6) is -0.551. The fourth-order valence-electron chi connectivity index (χ4n) is 4.54. The van der Waals surface area contributed by atoms with E-state index in [1.54, 1.807) is 0 Å². The molecule has 7 nitrogen and oxygen atoms in total. The highest BCUT2D eigenvalue weighted by molar-refractivity contribution is 7.90. The highest BCUT2D eigenvalue weighted by Crippen LogP contribution is 2.50. The van der Waals surface area contributed by atoms with Crippen LogP contribution < -0.4 is 10.0 Å². The summed E-state index contributed by atoms with van der Waals surface area (Å²) in [7, 11) is 0.402. The molecule has 1 saturated carbocycles. The molecule has 2 aliphatic heterocycles. The van der Waals surface area contributed by atoms with Gasteiger partial charge in [0.25, 0.3) is 0 Å². The molecule has 1 aliphatic carbocycles. The Hall–Kier alpha value is -1.64. The lowest BCUT2D eigenvalue weighted by Crippen LogP contribution is -2.58. The number of primary amides is 1. The van der Waals surface area contributed by atoms with Crippen LogP contribution in [0.3, 0.4) is 0 Å². The van der Waals surface area contributed by atoms with Crippen LogP contribution in [-0.4, -0.2) is 56.3 Å². The lowest BCUT2D eigenvalue weighted by atomic mass is 9.88. The van der Waals surface area contributed by atoms with Crippen molar-refractivity contribution in [3.8, 4) is 0 Å². The smallest absolute Gasteiger partial charge is 0.305 e. The van der Waals surface area contributed by atoms with Crippen molar-refractivity contribution in [2.24, 2.45) is 5.73 Å². The molecule has 0 aromatic heterocycles. The number of benzene rings is 1. The second kappa shape index (κ2) is 5.68. The molecule has 0 spiro atoms. The van der Waals surface area contributed by atoms with Crippen LogP contribution in [0.4, 0.5) is 5.69 Å². The van der Waals surface area contributed by atoms with Gasteiger partial charge in [-0.1, -0.05) is 12.1 Å². The molecular weight excluding hydrogens is 352 g/mol. The van der Waals surface area contributed by atoms with Crippen molar-refractivity contribution in [2.75, 3.05) is 31.5 Å². The number of nitrogens with zero attached hydrogens (tertiary/aromatic N) is 3. The zero-order valence-electron chi connectivity index (χ0n) is 15.3. The number of rotatable bonds is 4. The third-order valence-corrected chi connectivity index (χ3v) is 8.36.